The van der Waals surface area contributed by atoms with Gasteiger partial charge in [0.15, 0.2) is 0 Å². The topological polar surface area (TPSA) is 83.3 Å². The van der Waals surface area contributed by atoms with E-state index in [2.05, 4.69) is 15.5 Å². The molecule has 0 aliphatic heterocycles. The van der Waals surface area contributed by atoms with Gasteiger partial charge in [-0.3, -0.25) is 15.5 Å². The Balaban J connectivity index is 2.06. The summed E-state index contributed by atoms with van der Waals surface area (Å²) in [6.07, 6.45) is 1.82. The van der Waals surface area contributed by atoms with Crippen molar-refractivity contribution in [1.29, 1.82) is 0 Å². The third-order valence-electron chi connectivity index (χ3n) is 2.42. The fraction of sp³-hybridized carbons (Fsp3) is 0.0833. The van der Waals surface area contributed by atoms with Gasteiger partial charge in [0.1, 0.15) is 0 Å². The van der Waals surface area contributed by atoms with Crippen LogP contribution in [0.5, 0.6) is 0 Å². The van der Waals surface area contributed by atoms with E-state index in [1.165, 1.54) is 12.1 Å². The Kier molecular flexibility index (Phi) is 3.38. The molecule has 0 unspecified atom stereocenters. The first-order valence-electron chi connectivity index (χ1n) is 5.35. The Morgan fingerprint density at radius 2 is 2.06 bits per heavy atom. The smallest absolute Gasteiger partial charge is 0.269 e. The number of anilines is 1. The van der Waals surface area contributed by atoms with Crippen LogP contribution in [-0.4, -0.2) is 15.6 Å². The molecule has 1 aromatic heterocycles. The average molecular weight is 244 g/mol. The standard InChI is InChI=1S/C12H12N4O2/c1-9(12-3-2-8-13-12)14-15-10-4-6-11(7-5-10)16(17)18/h2-8,13,15H,1H3/b14-9+. The number of non-ortho nitro benzene ring substituents is 1. The highest BCUT2D eigenvalue weighted by molar-refractivity contribution is 5.97. The van der Waals surface area contributed by atoms with Crippen molar-refractivity contribution < 1.29 is 4.92 Å². The summed E-state index contributed by atoms with van der Waals surface area (Å²) in [7, 11) is 0. The second-order valence-corrected chi connectivity index (χ2v) is 3.70. The monoisotopic (exact) mass is 244 g/mol. The van der Waals surface area contributed by atoms with Crippen LogP contribution >= 0.6 is 0 Å². The SMILES string of the molecule is C/C(=N\Nc1ccc([N+](=O)[O-])cc1)c1ccc[nH]1. The van der Waals surface area contributed by atoms with Crippen LogP contribution in [0.1, 0.15) is 12.6 Å². The summed E-state index contributed by atoms with van der Waals surface area (Å²) >= 11 is 0. The zero-order valence-electron chi connectivity index (χ0n) is 9.75. The van der Waals surface area contributed by atoms with E-state index in [9.17, 15) is 10.1 Å². The molecular weight excluding hydrogens is 232 g/mol. The predicted octanol–water partition coefficient (Wildman–Crippen LogP) is 2.76. The Hall–Kier alpha value is -2.63. The minimum atomic E-state index is -0.433. The second kappa shape index (κ2) is 5.13. The second-order valence-electron chi connectivity index (χ2n) is 3.70. The fourth-order valence-electron chi connectivity index (χ4n) is 1.42. The zero-order valence-corrected chi connectivity index (χ0v) is 9.75. The van der Waals surface area contributed by atoms with Crippen molar-refractivity contribution in [1.82, 2.24) is 4.98 Å². The molecule has 0 amide bonds. The Labute approximate surface area is 103 Å². The van der Waals surface area contributed by atoms with Crippen LogP contribution in [0.15, 0.2) is 47.7 Å². The molecule has 18 heavy (non-hydrogen) atoms. The average Bonchev–Trinajstić information content (AvgIpc) is 2.90. The molecule has 92 valence electrons. The number of nitro benzene ring substituents is 1. The van der Waals surface area contributed by atoms with Crippen molar-refractivity contribution in [2.75, 3.05) is 5.43 Å². The quantitative estimate of drug-likeness (QED) is 0.492. The van der Waals surface area contributed by atoms with Crippen LogP contribution in [0.2, 0.25) is 0 Å². The highest BCUT2D eigenvalue weighted by Crippen LogP contribution is 2.15. The summed E-state index contributed by atoms with van der Waals surface area (Å²) in [4.78, 5) is 13.1. The van der Waals surface area contributed by atoms with Crippen LogP contribution in [0.4, 0.5) is 11.4 Å². The van der Waals surface area contributed by atoms with E-state index >= 15 is 0 Å². The molecule has 0 fully saturated rings. The minimum Gasteiger partial charge on any atom is -0.360 e. The van der Waals surface area contributed by atoms with Gasteiger partial charge in [-0.1, -0.05) is 0 Å². The van der Waals surface area contributed by atoms with Gasteiger partial charge in [-0.15, -0.1) is 0 Å². The zero-order chi connectivity index (χ0) is 13.0. The molecule has 0 saturated carbocycles. The molecule has 0 atom stereocenters. The number of aromatic amines is 1. The lowest BCUT2D eigenvalue weighted by atomic mass is 10.3. The van der Waals surface area contributed by atoms with Gasteiger partial charge in [-0.25, -0.2) is 0 Å². The highest BCUT2D eigenvalue weighted by atomic mass is 16.6. The maximum Gasteiger partial charge on any atom is 0.269 e. The largest absolute Gasteiger partial charge is 0.360 e. The van der Waals surface area contributed by atoms with Gasteiger partial charge in [0.05, 0.1) is 22.0 Å². The number of aromatic nitrogens is 1. The number of nitrogens with one attached hydrogen (secondary N) is 2. The van der Waals surface area contributed by atoms with Gasteiger partial charge in [0.2, 0.25) is 0 Å². The summed E-state index contributed by atoms with van der Waals surface area (Å²) in [6, 6.07) is 9.90. The van der Waals surface area contributed by atoms with Crippen LogP contribution in [0.25, 0.3) is 0 Å². The van der Waals surface area contributed by atoms with Gasteiger partial charge < -0.3 is 4.98 Å². The van der Waals surface area contributed by atoms with E-state index in [0.29, 0.717) is 5.69 Å². The third-order valence-corrected chi connectivity index (χ3v) is 2.42. The molecule has 6 nitrogen and oxygen atoms in total. The summed E-state index contributed by atoms with van der Waals surface area (Å²) in [6.45, 7) is 1.87. The lowest BCUT2D eigenvalue weighted by molar-refractivity contribution is -0.384. The molecule has 1 heterocycles. The van der Waals surface area contributed by atoms with Gasteiger partial charge in [-0.2, -0.15) is 5.10 Å². The van der Waals surface area contributed by atoms with Crippen LogP contribution in [0.3, 0.4) is 0 Å². The number of hydrazone groups is 1. The number of benzene rings is 1. The van der Waals surface area contributed by atoms with Gasteiger partial charge in [0.25, 0.3) is 5.69 Å². The summed E-state index contributed by atoms with van der Waals surface area (Å²) in [5, 5.41) is 14.7. The van der Waals surface area contributed by atoms with Crippen molar-refractivity contribution >= 4 is 17.1 Å². The molecule has 0 bridgehead atoms. The van der Waals surface area contributed by atoms with Crippen molar-refractivity contribution in [3.8, 4) is 0 Å². The molecule has 1 aromatic carbocycles. The van der Waals surface area contributed by atoms with E-state index in [4.69, 9.17) is 0 Å². The van der Waals surface area contributed by atoms with Crippen LogP contribution in [-0.2, 0) is 0 Å². The molecule has 2 rings (SSSR count). The molecule has 2 aromatic rings. The Morgan fingerprint density at radius 3 is 2.61 bits per heavy atom. The molecule has 0 aliphatic rings. The Morgan fingerprint density at radius 1 is 1.33 bits per heavy atom. The normalized spacial score (nSPS) is 11.3. The molecule has 2 N–H and O–H groups in total. The molecule has 0 radical (unpaired) electrons. The van der Waals surface area contributed by atoms with Gasteiger partial charge in [-0.05, 0) is 31.2 Å². The Bertz CT molecular complexity index is 558. The summed E-state index contributed by atoms with van der Waals surface area (Å²) < 4.78 is 0. The first-order valence-corrected chi connectivity index (χ1v) is 5.35. The van der Waals surface area contributed by atoms with Crippen LogP contribution < -0.4 is 5.43 Å². The number of hydrogen-bond donors (Lipinski definition) is 2. The van der Waals surface area contributed by atoms with E-state index < -0.39 is 4.92 Å². The van der Waals surface area contributed by atoms with E-state index in [1.54, 1.807) is 12.1 Å². The number of H-pyrrole nitrogens is 1. The first-order chi connectivity index (χ1) is 8.66. The number of nitro groups is 1. The van der Waals surface area contributed by atoms with E-state index in [-0.39, 0.29) is 5.69 Å². The molecule has 6 heteroatoms. The van der Waals surface area contributed by atoms with Crippen molar-refractivity contribution in [2.45, 2.75) is 6.92 Å². The first kappa shape index (κ1) is 11.8. The predicted molar refractivity (Wildman–Crippen MR) is 69.7 cm³/mol. The van der Waals surface area contributed by atoms with Gasteiger partial charge in [0, 0.05) is 18.3 Å². The van der Waals surface area contributed by atoms with Crippen LogP contribution in [0, 0.1) is 10.1 Å². The lowest BCUT2D eigenvalue weighted by Crippen LogP contribution is -1.99. The van der Waals surface area contributed by atoms with Crippen molar-refractivity contribution in [3.05, 3.63) is 58.4 Å². The highest BCUT2D eigenvalue weighted by Gasteiger charge is 2.03. The third kappa shape index (κ3) is 2.73. The molecule has 0 saturated heterocycles. The van der Waals surface area contributed by atoms with Crippen molar-refractivity contribution in [3.63, 3.8) is 0 Å². The number of rotatable bonds is 4. The molecular formula is C12H12N4O2. The molecule has 0 aliphatic carbocycles. The van der Waals surface area contributed by atoms with E-state index in [0.717, 1.165) is 11.4 Å². The fourth-order valence-corrected chi connectivity index (χ4v) is 1.42. The molecule has 0 spiro atoms. The summed E-state index contributed by atoms with van der Waals surface area (Å²) in [5.74, 6) is 0. The van der Waals surface area contributed by atoms with E-state index in [1.807, 2.05) is 25.3 Å². The van der Waals surface area contributed by atoms with Crippen molar-refractivity contribution in [2.24, 2.45) is 5.10 Å². The maximum atomic E-state index is 10.5. The van der Waals surface area contributed by atoms with Gasteiger partial charge >= 0.3 is 0 Å². The lowest BCUT2D eigenvalue weighted by Gasteiger charge is -2.01. The summed E-state index contributed by atoms with van der Waals surface area (Å²) in [5.41, 5.74) is 5.33. The number of nitrogens with zero attached hydrogens (tertiary/aromatic N) is 2. The number of hydrogen-bond acceptors (Lipinski definition) is 4. The minimum absolute atomic E-state index is 0.0608. The maximum absolute atomic E-state index is 10.5.